The number of rotatable bonds is 6. The fourth-order valence-corrected chi connectivity index (χ4v) is 2.21. The number of nitrogens with zero attached hydrogens (tertiary/aromatic N) is 2. The minimum absolute atomic E-state index is 0.00317. The maximum absolute atomic E-state index is 11.7. The number of aryl methyl sites for hydroxylation is 2. The number of carboxylic acids is 1. The Bertz CT molecular complexity index is 527. The van der Waals surface area contributed by atoms with Crippen LogP contribution in [0.2, 0.25) is 0 Å². The van der Waals surface area contributed by atoms with Crippen molar-refractivity contribution >= 4 is 17.6 Å². The lowest BCUT2D eigenvalue weighted by Gasteiger charge is -2.30. The fourth-order valence-electron chi connectivity index (χ4n) is 2.21. The summed E-state index contributed by atoms with van der Waals surface area (Å²) in [5.41, 5.74) is 7.78. The van der Waals surface area contributed by atoms with Crippen LogP contribution in [0.3, 0.4) is 0 Å². The van der Waals surface area contributed by atoms with Gasteiger partial charge in [-0.1, -0.05) is 0 Å². The van der Waals surface area contributed by atoms with Crippen LogP contribution in [0.1, 0.15) is 42.0 Å². The van der Waals surface area contributed by atoms with E-state index >= 15 is 0 Å². The van der Waals surface area contributed by atoms with Gasteiger partial charge in [-0.2, -0.15) is 0 Å². The third kappa shape index (κ3) is 3.69. The molecule has 1 heterocycles. The Balaban J connectivity index is 3.31. The molecule has 0 unspecified atom stereocenters. The van der Waals surface area contributed by atoms with E-state index in [1.165, 1.54) is 0 Å². The first-order valence-corrected chi connectivity index (χ1v) is 6.50. The van der Waals surface area contributed by atoms with Crippen molar-refractivity contribution in [3.05, 3.63) is 23.0 Å². The van der Waals surface area contributed by atoms with Crippen molar-refractivity contribution in [1.29, 1.82) is 0 Å². The number of anilines is 1. The highest BCUT2D eigenvalue weighted by Gasteiger charge is 2.21. The molecule has 1 aromatic rings. The summed E-state index contributed by atoms with van der Waals surface area (Å²) in [4.78, 5) is 28.6. The molecule has 0 aromatic carbocycles. The van der Waals surface area contributed by atoms with Gasteiger partial charge >= 0.3 is 5.97 Å². The molecule has 3 N–H and O–H groups in total. The minimum atomic E-state index is -0.876. The van der Waals surface area contributed by atoms with Gasteiger partial charge in [-0.15, -0.1) is 0 Å². The molecular formula is C14H21N3O3. The second kappa shape index (κ2) is 6.36. The average molecular weight is 279 g/mol. The molecule has 6 heteroatoms. The van der Waals surface area contributed by atoms with Gasteiger partial charge in [0, 0.05) is 18.3 Å². The van der Waals surface area contributed by atoms with Gasteiger partial charge in [-0.3, -0.25) is 14.6 Å². The molecule has 0 bridgehead atoms. The number of aliphatic carboxylic acids is 1. The van der Waals surface area contributed by atoms with Gasteiger partial charge in [0.25, 0.3) is 5.91 Å². The summed E-state index contributed by atoms with van der Waals surface area (Å²) in [7, 11) is 0. The number of pyridine rings is 1. The van der Waals surface area contributed by atoms with E-state index in [2.05, 4.69) is 4.98 Å². The number of nitrogens with two attached hydrogens (primary N) is 1. The molecule has 1 amide bonds. The molecule has 0 aliphatic carbocycles. The highest BCUT2D eigenvalue weighted by atomic mass is 16.4. The Labute approximate surface area is 118 Å². The lowest BCUT2D eigenvalue weighted by Crippen LogP contribution is -2.35. The first-order valence-electron chi connectivity index (χ1n) is 6.50. The zero-order chi connectivity index (χ0) is 15.4. The van der Waals surface area contributed by atoms with Crippen LogP contribution in [0.25, 0.3) is 0 Å². The molecule has 20 heavy (non-hydrogen) atoms. The monoisotopic (exact) mass is 279 g/mol. The zero-order valence-electron chi connectivity index (χ0n) is 12.3. The Morgan fingerprint density at radius 1 is 1.40 bits per heavy atom. The van der Waals surface area contributed by atoms with Crippen LogP contribution in [0.15, 0.2) is 6.07 Å². The van der Waals surface area contributed by atoms with Gasteiger partial charge < -0.3 is 15.7 Å². The van der Waals surface area contributed by atoms with Gasteiger partial charge in [-0.25, -0.2) is 0 Å². The molecule has 0 aliphatic heterocycles. The summed E-state index contributed by atoms with van der Waals surface area (Å²) < 4.78 is 0. The number of aromatic nitrogens is 1. The number of carbonyl (C=O) groups excluding carboxylic acids is 1. The molecular weight excluding hydrogens is 258 g/mol. The summed E-state index contributed by atoms with van der Waals surface area (Å²) >= 11 is 0. The van der Waals surface area contributed by atoms with Gasteiger partial charge in [-0.05, 0) is 33.8 Å². The van der Waals surface area contributed by atoms with E-state index in [4.69, 9.17) is 10.8 Å². The fraction of sp³-hybridized carbons (Fsp3) is 0.500. The largest absolute Gasteiger partial charge is 0.481 e. The molecule has 0 atom stereocenters. The van der Waals surface area contributed by atoms with Crippen LogP contribution in [-0.4, -0.2) is 34.6 Å². The molecule has 110 valence electrons. The van der Waals surface area contributed by atoms with E-state index in [1.54, 1.807) is 13.0 Å². The summed E-state index contributed by atoms with van der Waals surface area (Å²) in [5, 5.41) is 8.85. The van der Waals surface area contributed by atoms with Crippen molar-refractivity contribution in [3.63, 3.8) is 0 Å². The van der Waals surface area contributed by atoms with Gasteiger partial charge in [0.2, 0.25) is 0 Å². The number of hydrogen-bond donors (Lipinski definition) is 2. The molecule has 6 nitrogen and oxygen atoms in total. The summed E-state index contributed by atoms with van der Waals surface area (Å²) in [6, 6.07) is 1.82. The van der Waals surface area contributed by atoms with Crippen molar-refractivity contribution in [3.8, 4) is 0 Å². The summed E-state index contributed by atoms with van der Waals surface area (Å²) in [5.74, 6) is -1.43. The minimum Gasteiger partial charge on any atom is -0.481 e. The SMILES string of the molecule is Cc1cc(N(CCC(=O)O)C(C)C)c(C(N)=O)c(C)n1. The number of carbonyl (C=O) groups is 2. The zero-order valence-corrected chi connectivity index (χ0v) is 12.3. The Hall–Kier alpha value is -2.11. The van der Waals surface area contributed by atoms with Crippen LogP contribution in [0, 0.1) is 13.8 Å². The lowest BCUT2D eigenvalue weighted by molar-refractivity contribution is -0.136. The van der Waals surface area contributed by atoms with Crippen molar-refractivity contribution in [1.82, 2.24) is 4.98 Å². The third-order valence-electron chi connectivity index (χ3n) is 3.05. The first kappa shape index (κ1) is 15.9. The topological polar surface area (TPSA) is 96.5 Å². The number of primary amides is 1. The van der Waals surface area contributed by atoms with Gasteiger partial charge in [0.15, 0.2) is 0 Å². The molecule has 0 spiro atoms. The second-order valence-corrected chi connectivity index (χ2v) is 5.04. The number of amides is 1. The van der Waals surface area contributed by atoms with E-state index in [9.17, 15) is 9.59 Å². The van der Waals surface area contributed by atoms with E-state index in [0.717, 1.165) is 5.69 Å². The molecule has 0 radical (unpaired) electrons. The van der Waals surface area contributed by atoms with Crippen LogP contribution in [-0.2, 0) is 4.79 Å². The van der Waals surface area contributed by atoms with E-state index in [0.29, 0.717) is 23.5 Å². The Morgan fingerprint density at radius 2 is 2.00 bits per heavy atom. The summed E-state index contributed by atoms with van der Waals surface area (Å²) in [6.45, 7) is 7.76. The van der Waals surface area contributed by atoms with Crippen molar-refractivity contribution in [2.45, 2.75) is 40.2 Å². The average Bonchev–Trinajstić information content (AvgIpc) is 2.26. The molecule has 1 aromatic heterocycles. The smallest absolute Gasteiger partial charge is 0.305 e. The summed E-state index contributed by atoms with van der Waals surface area (Å²) in [6.07, 6.45) is -0.00317. The second-order valence-electron chi connectivity index (χ2n) is 5.04. The molecule has 0 saturated heterocycles. The van der Waals surface area contributed by atoms with Crippen LogP contribution < -0.4 is 10.6 Å². The Morgan fingerprint density at radius 3 is 2.45 bits per heavy atom. The number of hydrogen-bond acceptors (Lipinski definition) is 4. The van der Waals surface area contributed by atoms with Crippen molar-refractivity contribution in [2.24, 2.45) is 5.73 Å². The van der Waals surface area contributed by atoms with Gasteiger partial charge in [0.05, 0.1) is 23.4 Å². The molecule has 0 fully saturated rings. The van der Waals surface area contributed by atoms with Crippen LogP contribution in [0.5, 0.6) is 0 Å². The predicted molar refractivity (Wildman–Crippen MR) is 77.0 cm³/mol. The van der Waals surface area contributed by atoms with Crippen molar-refractivity contribution < 1.29 is 14.7 Å². The van der Waals surface area contributed by atoms with E-state index in [-0.39, 0.29) is 12.5 Å². The Kier molecular flexibility index (Phi) is 5.07. The quantitative estimate of drug-likeness (QED) is 0.822. The van der Waals surface area contributed by atoms with Gasteiger partial charge in [0.1, 0.15) is 0 Å². The predicted octanol–water partition coefficient (Wildman–Crippen LogP) is 1.49. The van der Waals surface area contributed by atoms with Crippen molar-refractivity contribution in [2.75, 3.05) is 11.4 Å². The van der Waals surface area contributed by atoms with Crippen LogP contribution in [0.4, 0.5) is 5.69 Å². The highest BCUT2D eigenvalue weighted by molar-refractivity contribution is 5.99. The maximum atomic E-state index is 11.7. The lowest BCUT2D eigenvalue weighted by atomic mass is 10.1. The molecule has 0 aliphatic rings. The number of carboxylic acid groups (broad SMARTS) is 1. The highest BCUT2D eigenvalue weighted by Crippen LogP contribution is 2.25. The van der Waals surface area contributed by atoms with E-state index < -0.39 is 11.9 Å². The normalized spacial score (nSPS) is 10.7. The molecule has 1 rings (SSSR count). The molecule has 0 saturated carbocycles. The third-order valence-corrected chi connectivity index (χ3v) is 3.05. The standard InChI is InChI=1S/C14H21N3O3/c1-8(2)17(6-5-12(18)19)11-7-9(3)16-10(4)13(11)14(15)20/h7-8H,5-6H2,1-4H3,(H2,15,20)(H,18,19). The van der Waals surface area contributed by atoms with Crippen LogP contribution >= 0.6 is 0 Å². The first-order chi connectivity index (χ1) is 9.23. The maximum Gasteiger partial charge on any atom is 0.305 e. The van der Waals surface area contributed by atoms with E-state index in [1.807, 2.05) is 25.7 Å².